The largest absolute Gasteiger partial charge is 0.280 e. The number of anilines is 1. The highest BCUT2D eigenvalue weighted by Gasteiger charge is 2.18. The molecule has 10 heteroatoms. The van der Waals surface area contributed by atoms with Crippen molar-refractivity contribution < 1.29 is 8.42 Å². The van der Waals surface area contributed by atoms with Crippen LogP contribution in [0.15, 0.2) is 62.1 Å². The SMILES string of the molecule is O=S(=O)(Nc1ccc(Sc2nncs2)cc1)c1cc(Cl)ccc1Cl. The Bertz CT molecular complexity index is 946. The van der Waals surface area contributed by atoms with Gasteiger partial charge in [0.05, 0.1) is 5.02 Å². The minimum absolute atomic E-state index is 0.0658. The second-order valence-corrected chi connectivity index (χ2v) is 9.16. The molecule has 0 spiro atoms. The molecule has 0 aliphatic carbocycles. The van der Waals surface area contributed by atoms with Crippen molar-refractivity contribution in [2.24, 2.45) is 0 Å². The Balaban J connectivity index is 1.79. The van der Waals surface area contributed by atoms with Crippen molar-refractivity contribution in [1.82, 2.24) is 10.2 Å². The molecule has 0 amide bonds. The van der Waals surface area contributed by atoms with Crippen LogP contribution in [0.25, 0.3) is 0 Å². The summed E-state index contributed by atoms with van der Waals surface area (Å²) in [5.41, 5.74) is 2.08. The summed E-state index contributed by atoms with van der Waals surface area (Å²) in [5, 5.41) is 8.11. The summed E-state index contributed by atoms with van der Waals surface area (Å²) in [5.74, 6) is 0. The number of halogens is 2. The second kappa shape index (κ2) is 7.28. The molecule has 2 aromatic carbocycles. The number of aromatic nitrogens is 2. The summed E-state index contributed by atoms with van der Waals surface area (Å²) in [4.78, 5) is 0.861. The zero-order valence-electron chi connectivity index (χ0n) is 11.8. The summed E-state index contributed by atoms with van der Waals surface area (Å²) >= 11 is 14.7. The van der Waals surface area contributed by atoms with Gasteiger partial charge >= 0.3 is 0 Å². The summed E-state index contributed by atoms with van der Waals surface area (Å²) in [6.07, 6.45) is 0. The van der Waals surface area contributed by atoms with Crippen molar-refractivity contribution in [3.63, 3.8) is 0 Å². The molecule has 1 N–H and O–H groups in total. The third kappa shape index (κ3) is 4.20. The van der Waals surface area contributed by atoms with Crippen molar-refractivity contribution in [3.05, 3.63) is 58.0 Å². The number of nitrogens with zero attached hydrogens (tertiary/aromatic N) is 2. The molecule has 3 rings (SSSR count). The highest BCUT2D eigenvalue weighted by Crippen LogP contribution is 2.30. The van der Waals surface area contributed by atoms with E-state index in [0.29, 0.717) is 10.7 Å². The average molecular weight is 418 g/mol. The first-order chi connectivity index (χ1) is 11.4. The van der Waals surface area contributed by atoms with Gasteiger partial charge in [-0.2, -0.15) is 0 Å². The summed E-state index contributed by atoms with van der Waals surface area (Å²) in [6.45, 7) is 0. The lowest BCUT2D eigenvalue weighted by Crippen LogP contribution is -2.13. The number of hydrogen-bond donors (Lipinski definition) is 1. The zero-order chi connectivity index (χ0) is 17.2. The molecule has 0 fully saturated rings. The first kappa shape index (κ1) is 17.5. The fraction of sp³-hybridized carbons (Fsp3) is 0. The van der Waals surface area contributed by atoms with Gasteiger partial charge in [-0.15, -0.1) is 10.2 Å². The minimum Gasteiger partial charge on any atom is -0.280 e. The summed E-state index contributed by atoms with van der Waals surface area (Å²) in [7, 11) is -3.82. The van der Waals surface area contributed by atoms with Gasteiger partial charge in [-0.05, 0) is 42.5 Å². The van der Waals surface area contributed by atoms with Crippen molar-refractivity contribution in [1.29, 1.82) is 0 Å². The molecule has 0 saturated carbocycles. The summed E-state index contributed by atoms with van der Waals surface area (Å²) in [6, 6.07) is 11.2. The Morgan fingerprint density at radius 2 is 1.83 bits per heavy atom. The van der Waals surface area contributed by atoms with E-state index in [1.54, 1.807) is 29.8 Å². The molecule has 24 heavy (non-hydrogen) atoms. The molecule has 0 radical (unpaired) electrons. The van der Waals surface area contributed by atoms with E-state index in [2.05, 4.69) is 14.9 Å². The fourth-order valence-electron chi connectivity index (χ4n) is 1.79. The van der Waals surface area contributed by atoms with Gasteiger partial charge < -0.3 is 0 Å². The van der Waals surface area contributed by atoms with Gasteiger partial charge in [-0.1, -0.05) is 46.3 Å². The van der Waals surface area contributed by atoms with Crippen molar-refractivity contribution >= 4 is 62.0 Å². The van der Waals surface area contributed by atoms with Crippen LogP contribution in [0.4, 0.5) is 5.69 Å². The lowest BCUT2D eigenvalue weighted by Gasteiger charge is -2.10. The molecule has 1 aromatic heterocycles. The summed E-state index contributed by atoms with van der Waals surface area (Å²) < 4.78 is 28.2. The average Bonchev–Trinajstić information content (AvgIpc) is 3.04. The zero-order valence-corrected chi connectivity index (χ0v) is 15.8. The predicted octanol–water partition coefficient (Wildman–Crippen LogP) is 4.80. The molecule has 0 saturated heterocycles. The van der Waals surface area contributed by atoms with Gasteiger partial charge in [0.2, 0.25) is 0 Å². The number of benzene rings is 2. The van der Waals surface area contributed by atoms with E-state index in [4.69, 9.17) is 23.2 Å². The van der Waals surface area contributed by atoms with Crippen molar-refractivity contribution in [2.45, 2.75) is 14.1 Å². The maximum Gasteiger partial charge on any atom is 0.263 e. The minimum atomic E-state index is -3.82. The molecule has 0 atom stereocenters. The normalized spacial score (nSPS) is 11.4. The molecule has 0 unspecified atom stereocenters. The molecule has 5 nitrogen and oxygen atoms in total. The van der Waals surface area contributed by atoms with E-state index >= 15 is 0 Å². The van der Waals surface area contributed by atoms with Gasteiger partial charge in [0.25, 0.3) is 10.0 Å². The van der Waals surface area contributed by atoms with Crippen LogP contribution in [0.2, 0.25) is 10.0 Å². The van der Waals surface area contributed by atoms with E-state index in [-0.39, 0.29) is 9.92 Å². The Labute approximate surface area is 157 Å². The Morgan fingerprint density at radius 3 is 2.50 bits per heavy atom. The third-order valence-electron chi connectivity index (χ3n) is 2.83. The Morgan fingerprint density at radius 1 is 1.08 bits per heavy atom. The van der Waals surface area contributed by atoms with Crippen LogP contribution in [-0.2, 0) is 10.0 Å². The lowest BCUT2D eigenvalue weighted by atomic mass is 10.3. The first-order valence-electron chi connectivity index (χ1n) is 6.46. The first-order valence-corrected chi connectivity index (χ1v) is 10.4. The van der Waals surface area contributed by atoms with E-state index in [1.165, 1.54) is 41.3 Å². The molecule has 0 bridgehead atoms. The monoisotopic (exact) mass is 417 g/mol. The van der Waals surface area contributed by atoms with Gasteiger partial charge in [0, 0.05) is 15.6 Å². The standard InChI is InChI=1S/C14H9Cl2N3O2S3/c15-9-1-6-12(16)13(7-9)24(20,21)19-10-2-4-11(5-3-10)23-14-18-17-8-22-14/h1-8,19H. The van der Waals surface area contributed by atoms with E-state index < -0.39 is 10.0 Å². The van der Waals surface area contributed by atoms with Gasteiger partial charge in [-0.25, -0.2) is 8.42 Å². The van der Waals surface area contributed by atoms with Crippen LogP contribution in [0.1, 0.15) is 0 Å². The fourth-order valence-corrected chi connectivity index (χ4v) is 5.07. The molecular weight excluding hydrogens is 409 g/mol. The molecule has 1 heterocycles. The third-order valence-corrected chi connectivity index (χ3v) is 6.72. The van der Waals surface area contributed by atoms with Gasteiger partial charge in [-0.3, -0.25) is 4.72 Å². The van der Waals surface area contributed by atoms with Crippen LogP contribution < -0.4 is 4.72 Å². The number of nitrogens with one attached hydrogen (secondary N) is 1. The highest BCUT2D eigenvalue weighted by molar-refractivity contribution is 8.01. The van der Waals surface area contributed by atoms with Gasteiger partial charge in [0.15, 0.2) is 4.34 Å². The van der Waals surface area contributed by atoms with E-state index in [9.17, 15) is 8.42 Å². The predicted molar refractivity (Wildman–Crippen MR) is 97.7 cm³/mol. The van der Waals surface area contributed by atoms with Gasteiger partial charge in [0.1, 0.15) is 10.4 Å². The van der Waals surface area contributed by atoms with E-state index in [0.717, 1.165) is 9.24 Å². The number of hydrogen-bond acceptors (Lipinski definition) is 6. The maximum absolute atomic E-state index is 12.4. The van der Waals surface area contributed by atoms with Crippen LogP contribution in [0, 0.1) is 0 Å². The highest BCUT2D eigenvalue weighted by atomic mass is 35.5. The van der Waals surface area contributed by atoms with Crippen LogP contribution >= 0.6 is 46.3 Å². The second-order valence-electron chi connectivity index (χ2n) is 4.51. The molecule has 3 aromatic rings. The maximum atomic E-state index is 12.4. The van der Waals surface area contributed by atoms with Crippen molar-refractivity contribution in [2.75, 3.05) is 4.72 Å². The van der Waals surface area contributed by atoms with Crippen molar-refractivity contribution in [3.8, 4) is 0 Å². The Kier molecular flexibility index (Phi) is 5.31. The Hall–Kier alpha value is -1.32. The quantitative estimate of drug-likeness (QED) is 0.645. The number of sulfonamides is 1. The topological polar surface area (TPSA) is 72.0 Å². The van der Waals surface area contributed by atoms with E-state index in [1.807, 2.05) is 0 Å². The smallest absolute Gasteiger partial charge is 0.263 e. The molecule has 124 valence electrons. The van der Waals surface area contributed by atoms with Crippen LogP contribution in [0.3, 0.4) is 0 Å². The number of rotatable bonds is 5. The van der Waals surface area contributed by atoms with Crippen LogP contribution in [0.5, 0.6) is 0 Å². The molecule has 0 aliphatic heterocycles. The lowest BCUT2D eigenvalue weighted by molar-refractivity contribution is 0.601. The molecular formula is C14H9Cl2N3O2S3. The molecule has 0 aliphatic rings. The van der Waals surface area contributed by atoms with Crippen LogP contribution in [-0.4, -0.2) is 18.6 Å².